The van der Waals surface area contributed by atoms with Crippen LogP contribution in [0.2, 0.25) is 0 Å². The number of rotatable bonds is 10. The maximum atomic E-state index is 14.4. The number of carbonyl (C=O) groups excluding carboxylic acids is 2. The van der Waals surface area contributed by atoms with Crippen LogP contribution in [0.1, 0.15) is 41.0 Å². The lowest BCUT2D eigenvalue weighted by atomic mass is 9.62. The quantitative estimate of drug-likeness (QED) is 0.463. The number of fused-ring (bicyclic) bond motifs is 1. The number of hydrogen-bond acceptors (Lipinski definition) is 6. The molecule has 2 amide bonds. The van der Waals surface area contributed by atoms with Crippen molar-refractivity contribution in [2.24, 2.45) is 17.8 Å². The molecule has 3 saturated heterocycles. The van der Waals surface area contributed by atoms with Crippen LogP contribution in [0.3, 0.4) is 0 Å². The lowest BCUT2D eigenvalue weighted by Gasteiger charge is -2.38. The molecule has 3 aliphatic heterocycles. The summed E-state index contributed by atoms with van der Waals surface area (Å²) < 4.78 is 6.53. The molecule has 3 unspecified atom stereocenters. The third-order valence-corrected chi connectivity index (χ3v) is 8.86. The summed E-state index contributed by atoms with van der Waals surface area (Å²) in [4.78, 5) is 45.8. The zero-order valence-electron chi connectivity index (χ0n) is 22.4. The van der Waals surface area contributed by atoms with E-state index in [9.17, 15) is 24.6 Å². The van der Waals surface area contributed by atoms with E-state index < -0.39 is 47.0 Å². The summed E-state index contributed by atoms with van der Waals surface area (Å²) in [6.07, 6.45) is 2.01. The molecule has 0 aromatic heterocycles. The molecule has 9 nitrogen and oxygen atoms in total. The fraction of sp³-hybridized carbons (Fsp3) is 0.607. The van der Waals surface area contributed by atoms with Crippen molar-refractivity contribution in [3.8, 4) is 0 Å². The molecular weight excluding hydrogens is 474 g/mol. The largest absolute Gasteiger partial charge is 0.481 e. The number of hydrogen-bond donors (Lipinski definition) is 2. The predicted molar refractivity (Wildman–Crippen MR) is 140 cm³/mol. The van der Waals surface area contributed by atoms with Gasteiger partial charge in [0.25, 0.3) is 5.91 Å². The molecule has 37 heavy (non-hydrogen) atoms. The number of aliphatic carboxylic acids is 1. The van der Waals surface area contributed by atoms with Gasteiger partial charge < -0.3 is 29.6 Å². The van der Waals surface area contributed by atoms with E-state index in [0.29, 0.717) is 12.1 Å². The van der Waals surface area contributed by atoms with E-state index in [1.807, 2.05) is 31.2 Å². The molecule has 3 aliphatic rings. The highest BCUT2D eigenvalue weighted by Gasteiger charge is 2.80. The van der Waals surface area contributed by atoms with E-state index in [4.69, 9.17) is 4.74 Å². The smallest absolute Gasteiger partial charge is 0.310 e. The highest BCUT2D eigenvalue weighted by atomic mass is 16.5. The van der Waals surface area contributed by atoms with E-state index in [-0.39, 0.29) is 25.0 Å². The summed E-state index contributed by atoms with van der Waals surface area (Å²) in [6.45, 7) is 14.9. The third-order valence-electron chi connectivity index (χ3n) is 8.86. The number of ether oxygens (including phenoxy) is 1. The van der Waals surface area contributed by atoms with Crippen LogP contribution in [0.5, 0.6) is 0 Å². The molecule has 1 aromatic carbocycles. The molecule has 3 heterocycles. The summed E-state index contributed by atoms with van der Waals surface area (Å²) in [6, 6.07) is 5.92. The van der Waals surface area contributed by atoms with Gasteiger partial charge in [-0.25, -0.2) is 0 Å². The summed E-state index contributed by atoms with van der Waals surface area (Å²) in [7, 11) is 0. The Morgan fingerprint density at radius 3 is 2.35 bits per heavy atom. The lowest BCUT2D eigenvalue weighted by molar-refractivity contribution is -0.157. The Labute approximate surface area is 218 Å². The van der Waals surface area contributed by atoms with E-state index in [0.717, 1.165) is 18.8 Å². The number of carboxylic acids is 1. The fourth-order valence-corrected chi connectivity index (χ4v) is 6.93. The van der Waals surface area contributed by atoms with Crippen LogP contribution in [0, 0.1) is 17.8 Å². The molecule has 0 saturated carbocycles. The molecule has 2 N–H and O–H groups in total. The number of amides is 2. The van der Waals surface area contributed by atoms with Gasteiger partial charge in [0.1, 0.15) is 17.6 Å². The van der Waals surface area contributed by atoms with Crippen LogP contribution >= 0.6 is 0 Å². The Kier molecular flexibility index (Phi) is 7.16. The number of likely N-dealkylation sites (tertiary alicyclic amines) is 1. The number of anilines is 2. The van der Waals surface area contributed by atoms with Crippen molar-refractivity contribution in [3.63, 3.8) is 0 Å². The molecule has 7 atom stereocenters. The fourth-order valence-electron chi connectivity index (χ4n) is 6.93. The molecule has 1 spiro atoms. The van der Waals surface area contributed by atoms with Crippen molar-refractivity contribution in [2.45, 2.75) is 64.3 Å². The van der Waals surface area contributed by atoms with Crippen LogP contribution in [-0.4, -0.2) is 82.4 Å². The first-order valence-electron chi connectivity index (χ1n) is 13.2. The van der Waals surface area contributed by atoms with Gasteiger partial charge in [0.15, 0.2) is 0 Å². The Bertz CT molecular complexity index is 1070. The van der Waals surface area contributed by atoms with E-state index in [2.05, 4.69) is 25.3 Å². The average Bonchev–Trinajstić information content (AvgIpc) is 3.39. The van der Waals surface area contributed by atoms with E-state index in [1.54, 1.807) is 24.8 Å². The number of nitrogens with zero attached hydrogens (tertiary/aromatic N) is 3. The van der Waals surface area contributed by atoms with E-state index in [1.165, 1.54) is 4.90 Å². The number of benzene rings is 1. The summed E-state index contributed by atoms with van der Waals surface area (Å²) in [5.41, 5.74) is -0.663. The first-order chi connectivity index (χ1) is 17.5. The zero-order chi connectivity index (χ0) is 27.3. The Morgan fingerprint density at radius 1 is 1.24 bits per heavy atom. The van der Waals surface area contributed by atoms with Crippen molar-refractivity contribution in [1.29, 1.82) is 0 Å². The number of aliphatic hydroxyl groups is 1. The molecule has 3 fully saturated rings. The Hall–Kier alpha value is -2.91. The predicted octanol–water partition coefficient (Wildman–Crippen LogP) is 2.53. The molecule has 0 radical (unpaired) electrons. The second-order valence-electron chi connectivity index (χ2n) is 10.7. The number of carboxylic acid groups (broad SMARTS) is 1. The Morgan fingerprint density at radius 2 is 1.84 bits per heavy atom. The monoisotopic (exact) mass is 513 g/mol. The zero-order valence-corrected chi connectivity index (χ0v) is 22.4. The van der Waals surface area contributed by atoms with Gasteiger partial charge in [-0.3, -0.25) is 14.4 Å². The van der Waals surface area contributed by atoms with Gasteiger partial charge in [-0.2, -0.15) is 0 Å². The first-order valence-corrected chi connectivity index (χ1v) is 13.2. The standard InChI is InChI=1S/C28H39N3O6/c1-7-14-30(20-12-10-19(11-13-20)29(8-2)9-3)25(34)23-28-15-17(4)27(6,37-28)22(26(35)36)21(28)24(33)31(23)18(5)16-32/h7,10-13,17-18,21-23,32H,1,8-9,14-16H2,2-6H3,(H,35,36)/t17?,18-,21+,22+,23?,27-,28?/m1/s1. The minimum absolute atomic E-state index is 0.168. The minimum atomic E-state index is -1.28. The maximum Gasteiger partial charge on any atom is 0.310 e. The van der Waals surface area contributed by atoms with Crippen molar-refractivity contribution in [3.05, 3.63) is 36.9 Å². The van der Waals surface area contributed by atoms with Gasteiger partial charge in [0, 0.05) is 31.0 Å². The molecule has 9 heteroatoms. The Balaban J connectivity index is 1.80. The van der Waals surface area contributed by atoms with Crippen molar-refractivity contribution in [2.75, 3.05) is 36.0 Å². The molecule has 202 valence electrons. The highest BCUT2D eigenvalue weighted by molar-refractivity contribution is 6.05. The summed E-state index contributed by atoms with van der Waals surface area (Å²) >= 11 is 0. The second-order valence-corrected chi connectivity index (χ2v) is 10.7. The second kappa shape index (κ2) is 9.76. The average molecular weight is 514 g/mol. The number of aliphatic hydroxyl groups excluding tert-OH is 1. The van der Waals surface area contributed by atoms with Crippen molar-refractivity contribution in [1.82, 2.24) is 4.90 Å². The highest BCUT2D eigenvalue weighted by Crippen LogP contribution is 2.65. The molecule has 1 aromatic rings. The molecule has 2 bridgehead atoms. The minimum Gasteiger partial charge on any atom is -0.481 e. The van der Waals surface area contributed by atoms with Crippen LogP contribution in [-0.2, 0) is 19.1 Å². The third kappa shape index (κ3) is 3.85. The van der Waals surface area contributed by atoms with Gasteiger partial charge >= 0.3 is 5.97 Å². The van der Waals surface area contributed by atoms with Gasteiger partial charge in [0.05, 0.1) is 24.2 Å². The summed E-state index contributed by atoms with van der Waals surface area (Å²) in [5.74, 6) is -4.15. The van der Waals surface area contributed by atoms with Crippen LogP contribution in [0.15, 0.2) is 36.9 Å². The van der Waals surface area contributed by atoms with Gasteiger partial charge in [-0.05, 0) is 64.3 Å². The van der Waals surface area contributed by atoms with Crippen molar-refractivity contribution < 1.29 is 29.3 Å². The number of carbonyl (C=O) groups is 3. The maximum absolute atomic E-state index is 14.4. The normalized spacial score (nSPS) is 32.8. The van der Waals surface area contributed by atoms with Gasteiger partial charge in [-0.1, -0.05) is 13.0 Å². The van der Waals surface area contributed by atoms with Crippen molar-refractivity contribution >= 4 is 29.2 Å². The molecule has 4 rings (SSSR count). The van der Waals surface area contributed by atoms with Gasteiger partial charge in [0.2, 0.25) is 5.91 Å². The molecular formula is C28H39N3O6. The van der Waals surface area contributed by atoms with Gasteiger partial charge in [-0.15, -0.1) is 6.58 Å². The molecule has 0 aliphatic carbocycles. The van der Waals surface area contributed by atoms with Crippen LogP contribution in [0.4, 0.5) is 11.4 Å². The lowest BCUT2D eigenvalue weighted by Crippen LogP contribution is -2.58. The van der Waals surface area contributed by atoms with Crippen LogP contribution in [0.25, 0.3) is 0 Å². The first kappa shape index (κ1) is 27.1. The SMILES string of the molecule is C=CCN(C(=O)C1N([C@H](C)CO)C(=O)[C@@H]2[C@@H](C(=O)O)[C@]3(C)OC12CC3C)c1ccc(N(CC)CC)cc1. The van der Waals surface area contributed by atoms with Crippen LogP contribution < -0.4 is 9.80 Å². The topological polar surface area (TPSA) is 111 Å². The van der Waals surface area contributed by atoms with E-state index >= 15 is 0 Å². The summed E-state index contributed by atoms with van der Waals surface area (Å²) in [5, 5.41) is 20.2.